The zero-order chi connectivity index (χ0) is 17.8. The molecule has 1 aromatic heterocycles. The lowest BCUT2D eigenvalue weighted by atomic mass is 9.92. The first-order valence-electron chi connectivity index (χ1n) is 8.23. The van der Waals surface area contributed by atoms with Gasteiger partial charge in [0.25, 0.3) is 0 Å². The highest BCUT2D eigenvalue weighted by atomic mass is 19.1. The third-order valence-corrected chi connectivity index (χ3v) is 4.37. The molecular formula is C19H19FN2O3. The van der Waals surface area contributed by atoms with Gasteiger partial charge in [-0.3, -0.25) is 14.6 Å². The Bertz CT molecular complexity index is 779. The lowest BCUT2D eigenvalue weighted by Gasteiger charge is -2.34. The van der Waals surface area contributed by atoms with Gasteiger partial charge in [0.1, 0.15) is 11.5 Å². The zero-order valence-corrected chi connectivity index (χ0v) is 13.7. The van der Waals surface area contributed by atoms with Crippen molar-refractivity contribution in [3.8, 4) is 0 Å². The fraction of sp³-hybridized carbons (Fsp3) is 0.316. The number of aliphatic hydroxyl groups excluding tert-OH is 1. The summed E-state index contributed by atoms with van der Waals surface area (Å²) in [6.07, 6.45) is 2.04. The largest absolute Gasteiger partial charge is 0.396 e. The van der Waals surface area contributed by atoms with Crippen LogP contribution < -0.4 is 4.90 Å². The summed E-state index contributed by atoms with van der Waals surface area (Å²) in [5, 5.41) is 9.46. The van der Waals surface area contributed by atoms with Crippen LogP contribution in [0.2, 0.25) is 0 Å². The van der Waals surface area contributed by atoms with E-state index in [0.717, 1.165) is 0 Å². The van der Waals surface area contributed by atoms with Gasteiger partial charge in [-0.05, 0) is 30.2 Å². The highest BCUT2D eigenvalue weighted by Crippen LogP contribution is 2.32. The number of aromatic nitrogens is 1. The Morgan fingerprint density at radius 2 is 2.04 bits per heavy atom. The highest BCUT2D eigenvalue weighted by Gasteiger charge is 2.30. The quantitative estimate of drug-likeness (QED) is 0.847. The number of anilines is 1. The van der Waals surface area contributed by atoms with Crippen LogP contribution in [0.5, 0.6) is 0 Å². The lowest BCUT2D eigenvalue weighted by Crippen LogP contribution is -2.41. The summed E-state index contributed by atoms with van der Waals surface area (Å²) in [5.74, 6) is -1.14. The maximum absolute atomic E-state index is 14.2. The van der Waals surface area contributed by atoms with Gasteiger partial charge in [-0.15, -0.1) is 0 Å². The SMILES string of the molecule is O=C(CCC(=O)N1CC(CO)Cc2cccc(F)c21)c1ccccn1. The molecule has 130 valence electrons. The number of pyridine rings is 1. The maximum Gasteiger partial charge on any atom is 0.227 e. The predicted octanol–water partition coefficient (Wildman–Crippen LogP) is 2.38. The second kappa shape index (κ2) is 7.53. The highest BCUT2D eigenvalue weighted by molar-refractivity contribution is 6.00. The number of hydrogen-bond donors (Lipinski definition) is 1. The van der Waals surface area contributed by atoms with Gasteiger partial charge in [0.05, 0.1) is 5.69 Å². The first-order chi connectivity index (χ1) is 12.1. The maximum atomic E-state index is 14.2. The van der Waals surface area contributed by atoms with Crippen molar-refractivity contribution in [2.45, 2.75) is 19.3 Å². The number of hydrogen-bond acceptors (Lipinski definition) is 4. The van der Waals surface area contributed by atoms with Gasteiger partial charge in [-0.2, -0.15) is 0 Å². The number of rotatable bonds is 5. The molecule has 6 heteroatoms. The molecule has 0 aliphatic carbocycles. The van der Waals surface area contributed by atoms with Crippen LogP contribution in [-0.4, -0.2) is 34.9 Å². The van der Waals surface area contributed by atoms with Crippen molar-refractivity contribution in [2.75, 3.05) is 18.1 Å². The fourth-order valence-electron chi connectivity index (χ4n) is 3.11. The van der Waals surface area contributed by atoms with E-state index in [0.29, 0.717) is 17.7 Å². The summed E-state index contributed by atoms with van der Waals surface area (Å²) in [6, 6.07) is 9.71. The molecular weight excluding hydrogens is 323 g/mol. The number of carbonyl (C=O) groups is 2. The molecule has 1 aliphatic heterocycles. The van der Waals surface area contributed by atoms with E-state index in [2.05, 4.69) is 4.98 Å². The molecule has 1 N–H and O–H groups in total. The molecule has 0 fully saturated rings. The second-order valence-electron chi connectivity index (χ2n) is 6.14. The topological polar surface area (TPSA) is 70.5 Å². The molecule has 1 aliphatic rings. The van der Waals surface area contributed by atoms with Crippen molar-refractivity contribution in [3.63, 3.8) is 0 Å². The normalized spacial score (nSPS) is 16.4. The number of ketones is 1. The van der Waals surface area contributed by atoms with Crippen molar-refractivity contribution >= 4 is 17.4 Å². The summed E-state index contributed by atoms with van der Waals surface area (Å²) < 4.78 is 14.2. The van der Waals surface area contributed by atoms with Gasteiger partial charge in [0.2, 0.25) is 5.91 Å². The van der Waals surface area contributed by atoms with E-state index < -0.39 is 5.82 Å². The second-order valence-corrected chi connectivity index (χ2v) is 6.14. The van der Waals surface area contributed by atoms with Crippen LogP contribution in [0.25, 0.3) is 0 Å². The monoisotopic (exact) mass is 342 g/mol. The summed E-state index contributed by atoms with van der Waals surface area (Å²) in [5.41, 5.74) is 1.28. The Morgan fingerprint density at radius 3 is 2.76 bits per heavy atom. The van der Waals surface area contributed by atoms with E-state index in [1.165, 1.54) is 17.2 Å². The van der Waals surface area contributed by atoms with Gasteiger partial charge >= 0.3 is 0 Å². The zero-order valence-electron chi connectivity index (χ0n) is 13.7. The molecule has 25 heavy (non-hydrogen) atoms. The van der Waals surface area contributed by atoms with E-state index in [4.69, 9.17) is 0 Å². The Morgan fingerprint density at radius 1 is 1.20 bits per heavy atom. The number of amides is 1. The van der Waals surface area contributed by atoms with Crippen molar-refractivity contribution in [1.82, 2.24) is 4.98 Å². The number of fused-ring (bicyclic) bond motifs is 1. The predicted molar refractivity (Wildman–Crippen MR) is 90.8 cm³/mol. The number of para-hydroxylation sites is 1. The van der Waals surface area contributed by atoms with Crippen LogP contribution in [0.15, 0.2) is 42.6 Å². The Balaban J connectivity index is 1.74. The van der Waals surface area contributed by atoms with E-state index in [9.17, 15) is 19.1 Å². The smallest absolute Gasteiger partial charge is 0.227 e. The standard InChI is InChI=1S/C19H19FN2O3/c20-15-5-3-4-14-10-13(12-23)11-22(19(14)15)18(25)8-7-17(24)16-6-1-2-9-21-16/h1-6,9,13,23H,7-8,10-12H2. The number of Topliss-reactive ketones (excluding diaryl/α,β-unsaturated/α-hetero) is 1. The molecule has 0 radical (unpaired) electrons. The summed E-state index contributed by atoms with van der Waals surface area (Å²) in [6.45, 7) is 0.174. The number of halogens is 1. The van der Waals surface area contributed by atoms with Gasteiger partial charge in [0.15, 0.2) is 5.78 Å². The Kier molecular flexibility index (Phi) is 5.19. The van der Waals surface area contributed by atoms with Crippen LogP contribution in [0.1, 0.15) is 28.9 Å². The minimum absolute atomic E-state index is 0.0138. The van der Waals surface area contributed by atoms with Crippen molar-refractivity contribution < 1.29 is 19.1 Å². The average molecular weight is 342 g/mol. The van der Waals surface area contributed by atoms with Crippen molar-refractivity contribution in [1.29, 1.82) is 0 Å². The van der Waals surface area contributed by atoms with Gasteiger partial charge in [-0.25, -0.2) is 4.39 Å². The number of nitrogens with zero attached hydrogens (tertiary/aromatic N) is 2. The Labute approximate surface area is 145 Å². The molecule has 1 amide bonds. The van der Waals surface area contributed by atoms with Crippen LogP contribution in [-0.2, 0) is 11.2 Å². The average Bonchev–Trinajstić information content (AvgIpc) is 2.65. The summed E-state index contributed by atoms with van der Waals surface area (Å²) >= 11 is 0. The van der Waals surface area contributed by atoms with Crippen LogP contribution in [0.3, 0.4) is 0 Å². The molecule has 1 unspecified atom stereocenters. The van der Waals surface area contributed by atoms with E-state index >= 15 is 0 Å². The first-order valence-corrected chi connectivity index (χ1v) is 8.23. The van der Waals surface area contributed by atoms with Crippen molar-refractivity contribution in [3.05, 3.63) is 59.7 Å². The Hall–Kier alpha value is -2.60. The van der Waals surface area contributed by atoms with Crippen molar-refractivity contribution in [2.24, 2.45) is 5.92 Å². The van der Waals surface area contributed by atoms with Gasteiger partial charge in [0, 0.05) is 38.1 Å². The minimum Gasteiger partial charge on any atom is -0.396 e. The molecule has 2 aromatic rings. The van der Waals surface area contributed by atoms with Gasteiger partial charge < -0.3 is 10.0 Å². The molecule has 1 aromatic carbocycles. The molecule has 1 atom stereocenters. The molecule has 5 nitrogen and oxygen atoms in total. The molecule has 3 rings (SSSR count). The molecule has 0 spiro atoms. The molecule has 2 heterocycles. The minimum atomic E-state index is -0.460. The van der Waals surface area contributed by atoms with Crippen LogP contribution in [0.4, 0.5) is 10.1 Å². The number of benzene rings is 1. The summed E-state index contributed by atoms with van der Waals surface area (Å²) in [7, 11) is 0. The molecule has 0 saturated carbocycles. The fourth-order valence-corrected chi connectivity index (χ4v) is 3.11. The summed E-state index contributed by atoms with van der Waals surface area (Å²) in [4.78, 5) is 30.1. The van der Waals surface area contributed by atoms with E-state index in [1.54, 1.807) is 30.3 Å². The lowest BCUT2D eigenvalue weighted by molar-refractivity contribution is -0.118. The van der Waals surface area contributed by atoms with Crippen LogP contribution >= 0.6 is 0 Å². The third kappa shape index (κ3) is 3.74. The van der Waals surface area contributed by atoms with Crippen LogP contribution in [0, 0.1) is 11.7 Å². The van der Waals surface area contributed by atoms with Gasteiger partial charge in [-0.1, -0.05) is 18.2 Å². The molecule has 0 bridgehead atoms. The first kappa shape index (κ1) is 17.2. The number of carbonyl (C=O) groups excluding carboxylic acids is 2. The number of aliphatic hydroxyl groups is 1. The van der Waals surface area contributed by atoms with E-state index in [1.807, 2.05) is 0 Å². The van der Waals surface area contributed by atoms with E-state index in [-0.39, 0.29) is 49.3 Å². The third-order valence-electron chi connectivity index (χ3n) is 4.37. The molecule has 0 saturated heterocycles.